The zero-order valence-corrected chi connectivity index (χ0v) is 18.3. The van der Waals surface area contributed by atoms with Gasteiger partial charge in [-0.3, -0.25) is 25.0 Å². The van der Waals surface area contributed by atoms with Gasteiger partial charge in [0.2, 0.25) is 0 Å². The zero-order chi connectivity index (χ0) is 23.9. The number of allylic oxidation sites excluding steroid dienone is 2. The minimum Gasteiger partial charge on any atom is -0.289 e. The van der Waals surface area contributed by atoms with Crippen molar-refractivity contribution < 1.29 is 19.2 Å². The normalized spacial score (nSPS) is 16.9. The highest BCUT2D eigenvalue weighted by atomic mass is 16.2. The molecule has 3 aromatic rings. The summed E-state index contributed by atoms with van der Waals surface area (Å²) in [5.74, 6) is -1.90. The van der Waals surface area contributed by atoms with Crippen molar-refractivity contribution in [1.29, 1.82) is 0 Å². The maximum atomic E-state index is 13.8. The Kier molecular flexibility index (Phi) is 5.06. The molecule has 1 aliphatic carbocycles. The molecule has 166 valence electrons. The van der Waals surface area contributed by atoms with E-state index in [1.54, 1.807) is 66.7 Å². The molecular formula is C28H20N2O4. The number of urea groups is 1. The van der Waals surface area contributed by atoms with Crippen molar-refractivity contribution in [2.45, 2.75) is 6.92 Å². The van der Waals surface area contributed by atoms with Gasteiger partial charge in [0.25, 0.3) is 11.8 Å². The third kappa shape index (κ3) is 3.19. The Morgan fingerprint density at radius 1 is 0.735 bits per heavy atom. The van der Waals surface area contributed by atoms with Crippen LogP contribution in [0.2, 0.25) is 0 Å². The van der Waals surface area contributed by atoms with Gasteiger partial charge in [0.15, 0.2) is 11.2 Å². The number of carbonyl (C=O) groups is 4. The second-order valence-electron chi connectivity index (χ2n) is 8.26. The molecule has 3 aromatic carbocycles. The largest absolute Gasteiger partial charge is 0.328 e. The monoisotopic (exact) mass is 448 g/mol. The van der Waals surface area contributed by atoms with Gasteiger partial charge >= 0.3 is 6.03 Å². The molecule has 4 amide bonds. The number of amides is 4. The third-order valence-electron chi connectivity index (χ3n) is 6.14. The van der Waals surface area contributed by atoms with Crippen molar-refractivity contribution in [1.82, 2.24) is 10.6 Å². The van der Waals surface area contributed by atoms with Gasteiger partial charge in [0.05, 0.1) is 0 Å². The Bertz CT molecular complexity index is 1400. The van der Waals surface area contributed by atoms with E-state index in [2.05, 4.69) is 10.6 Å². The molecule has 5 rings (SSSR count). The molecule has 0 aromatic heterocycles. The van der Waals surface area contributed by atoms with Crippen LogP contribution in [0.25, 0.3) is 11.1 Å². The first kappa shape index (κ1) is 21.3. The van der Waals surface area contributed by atoms with Crippen LogP contribution in [-0.4, -0.2) is 23.6 Å². The van der Waals surface area contributed by atoms with Crippen LogP contribution in [0.3, 0.4) is 0 Å². The number of hydrogen-bond acceptors (Lipinski definition) is 4. The van der Waals surface area contributed by atoms with Gasteiger partial charge in [0, 0.05) is 11.1 Å². The van der Waals surface area contributed by atoms with Gasteiger partial charge < -0.3 is 0 Å². The van der Waals surface area contributed by atoms with Crippen molar-refractivity contribution in [2.24, 2.45) is 5.41 Å². The molecule has 34 heavy (non-hydrogen) atoms. The van der Waals surface area contributed by atoms with E-state index in [0.29, 0.717) is 22.3 Å². The molecule has 2 aliphatic rings. The van der Waals surface area contributed by atoms with Crippen LogP contribution >= 0.6 is 0 Å². The molecule has 1 fully saturated rings. The summed E-state index contributed by atoms with van der Waals surface area (Å²) in [6, 6.07) is 24.0. The summed E-state index contributed by atoms with van der Waals surface area (Å²) in [6.07, 6.45) is 1.61. The number of carbonyl (C=O) groups excluding carboxylic acids is 4. The van der Waals surface area contributed by atoms with Gasteiger partial charge in [-0.15, -0.1) is 0 Å². The molecule has 0 saturated carbocycles. The summed E-state index contributed by atoms with van der Waals surface area (Å²) in [6.45, 7) is 1.89. The Labute approximate surface area is 196 Å². The third-order valence-corrected chi connectivity index (χ3v) is 6.14. The molecule has 1 spiro atoms. The predicted molar refractivity (Wildman–Crippen MR) is 127 cm³/mol. The van der Waals surface area contributed by atoms with Crippen LogP contribution in [0.1, 0.15) is 27.0 Å². The van der Waals surface area contributed by atoms with Crippen LogP contribution in [-0.2, 0) is 9.59 Å². The maximum absolute atomic E-state index is 13.8. The highest BCUT2D eigenvalue weighted by Gasteiger charge is 2.60. The van der Waals surface area contributed by atoms with Gasteiger partial charge in [-0.05, 0) is 35.3 Å². The predicted octanol–water partition coefficient (Wildman–Crippen LogP) is 4.08. The molecule has 6 nitrogen and oxygen atoms in total. The van der Waals surface area contributed by atoms with Crippen molar-refractivity contribution in [2.75, 3.05) is 0 Å². The number of benzene rings is 3. The lowest BCUT2D eigenvalue weighted by molar-refractivity contribution is -0.136. The molecule has 0 radical (unpaired) electrons. The summed E-state index contributed by atoms with van der Waals surface area (Å²) in [5.41, 5.74) is 1.39. The number of Topliss-reactive ketones (excluding diaryl/α,β-unsaturated/α-hetero) is 1. The van der Waals surface area contributed by atoms with Crippen molar-refractivity contribution in [3.05, 3.63) is 119 Å². The summed E-state index contributed by atoms with van der Waals surface area (Å²) < 4.78 is 0. The number of rotatable bonds is 4. The Balaban J connectivity index is 1.86. The van der Waals surface area contributed by atoms with E-state index in [4.69, 9.17) is 0 Å². The number of imide groups is 2. The average molecular weight is 448 g/mol. The van der Waals surface area contributed by atoms with Gasteiger partial charge in [-0.1, -0.05) is 90.5 Å². The highest BCUT2D eigenvalue weighted by molar-refractivity contribution is 6.37. The fourth-order valence-electron chi connectivity index (χ4n) is 4.68. The Morgan fingerprint density at radius 3 is 1.94 bits per heavy atom. The quantitative estimate of drug-likeness (QED) is 0.465. The SMILES string of the molecule is Cc1cccc(C2=C(C(=O)c3ccccc3)C=C(c3ccccc3)C23C(=O)NC(=O)NC3=O)c1. The molecule has 1 aliphatic heterocycles. The lowest BCUT2D eigenvalue weighted by Crippen LogP contribution is -2.62. The molecule has 2 N–H and O–H groups in total. The lowest BCUT2D eigenvalue weighted by Gasteiger charge is -2.36. The highest BCUT2D eigenvalue weighted by Crippen LogP contribution is 2.54. The van der Waals surface area contributed by atoms with Crippen molar-refractivity contribution >= 4 is 34.8 Å². The van der Waals surface area contributed by atoms with Crippen LogP contribution < -0.4 is 10.6 Å². The second kappa shape index (κ2) is 8.08. The van der Waals surface area contributed by atoms with E-state index in [-0.39, 0.29) is 16.9 Å². The summed E-state index contributed by atoms with van der Waals surface area (Å²) in [4.78, 5) is 53.0. The molecular weight excluding hydrogens is 428 g/mol. The van der Waals surface area contributed by atoms with Crippen LogP contribution in [0.4, 0.5) is 4.79 Å². The number of aryl methyl sites for hydroxylation is 1. The summed E-state index contributed by atoms with van der Waals surface area (Å²) in [7, 11) is 0. The van der Waals surface area contributed by atoms with E-state index in [1.807, 2.05) is 31.2 Å². The number of nitrogens with one attached hydrogen (secondary N) is 2. The Hall–Kier alpha value is -4.58. The van der Waals surface area contributed by atoms with Gasteiger partial charge in [-0.2, -0.15) is 0 Å². The van der Waals surface area contributed by atoms with E-state index < -0.39 is 23.3 Å². The number of hydrogen-bond donors (Lipinski definition) is 2. The fraction of sp³-hybridized carbons (Fsp3) is 0.0714. The number of barbiturate groups is 1. The maximum Gasteiger partial charge on any atom is 0.328 e. The van der Waals surface area contributed by atoms with Crippen molar-refractivity contribution in [3.63, 3.8) is 0 Å². The standard InChI is InChI=1S/C28H20N2O4/c1-17-9-8-14-20(15-17)23-21(24(31)19-12-6-3-7-13-19)16-22(18-10-4-2-5-11-18)28(23)25(32)29-27(34)30-26(28)33/h2-16H,1H3,(H2,29,30,32,33,34). The van der Waals surface area contributed by atoms with Crippen molar-refractivity contribution in [3.8, 4) is 0 Å². The first-order chi connectivity index (χ1) is 16.4. The molecule has 6 heteroatoms. The minimum absolute atomic E-state index is 0.232. The smallest absolute Gasteiger partial charge is 0.289 e. The average Bonchev–Trinajstić information content (AvgIpc) is 3.20. The van der Waals surface area contributed by atoms with Gasteiger partial charge in [-0.25, -0.2) is 4.79 Å². The van der Waals surface area contributed by atoms with E-state index in [0.717, 1.165) is 5.56 Å². The number of ketones is 1. The summed E-state index contributed by atoms with van der Waals surface area (Å²) >= 11 is 0. The Morgan fingerprint density at radius 2 is 1.32 bits per heavy atom. The fourth-order valence-corrected chi connectivity index (χ4v) is 4.68. The second-order valence-corrected chi connectivity index (χ2v) is 8.26. The van der Waals surface area contributed by atoms with E-state index >= 15 is 0 Å². The van der Waals surface area contributed by atoms with Crippen LogP contribution in [0.5, 0.6) is 0 Å². The topological polar surface area (TPSA) is 92.3 Å². The zero-order valence-electron chi connectivity index (χ0n) is 18.3. The lowest BCUT2D eigenvalue weighted by atomic mass is 9.69. The molecule has 1 heterocycles. The minimum atomic E-state index is -1.91. The summed E-state index contributed by atoms with van der Waals surface area (Å²) in [5, 5.41) is 4.52. The molecule has 0 bridgehead atoms. The van der Waals surface area contributed by atoms with Crippen LogP contribution in [0, 0.1) is 12.3 Å². The van der Waals surface area contributed by atoms with E-state index in [9.17, 15) is 19.2 Å². The van der Waals surface area contributed by atoms with E-state index in [1.165, 1.54) is 0 Å². The van der Waals surface area contributed by atoms with Crippen LogP contribution in [0.15, 0.2) is 96.6 Å². The molecule has 0 unspecified atom stereocenters. The molecule has 1 saturated heterocycles. The van der Waals surface area contributed by atoms with Gasteiger partial charge in [0.1, 0.15) is 0 Å². The first-order valence-electron chi connectivity index (χ1n) is 10.8. The first-order valence-corrected chi connectivity index (χ1v) is 10.8. The molecule has 0 atom stereocenters.